The molecule has 2 N–H and O–H groups in total. The van der Waals surface area contributed by atoms with E-state index in [0.717, 1.165) is 24.3 Å². The monoisotopic (exact) mass is 362 g/mol. The molecule has 6 heteroatoms. The number of carbonyl (C=O) groups excluding carboxylic acids is 1. The molecule has 4 rings (SSSR count). The molecular weight excluding hydrogens is 340 g/mol. The van der Waals surface area contributed by atoms with Crippen LogP contribution in [0.5, 0.6) is 5.75 Å². The van der Waals surface area contributed by atoms with Crippen molar-refractivity contribution in [1.29, 1.82) is 0 Å². The number of methoxy groups -OCH3 is 1. The van der Waals surface area contributed by atoms with Crippen molar-refractivity contribution in [1.82, 2.24) is 15.1 Å². The molecule has 1 aromatic heterocycles. The second kappa shape index (κ2) is 7.25. The summed E-state index contributed by atoms with van der Waals surface area (Å²) in [6.07, 6.45) is 0. The first-order valence-corrected chi connectivity index (χ1v) is 8.96. The summed E-state index contributed by atoms with van der Waals surface area (Å²) < 4.78 is 5.19. The SMILES string of the molecule is COc1cccc(C(=O)Nc2[nH]nc3c2CN(C(C)c2ccccc2)C3)c1. The van der Waals surface area contributed by atoms with Gasteiger partial charge in [-0.15, -0.1) is 0 Å². The van der Waals surface area contributed by atoms with Crippen LogP contribution in [-0.2, 0) is 13.1 Å². The van der Waals surface area contributed by atoms with Gasteiger partial charge in [0.05, 0.1) is 12.8 Å². The van der Waals surface area contributed by atoms with Crippen molar-refractivity contribution in [3.05, 3.63) is 77.0 Å². The number of hydrogen-bond donors (Lipinski definition) is 2. The molecule has 0 bridgehead atoms. The van der Waals surface area contributed by atoms with Crippen LogP contribution in [0.15, 0.2) is 54.6 Å². The third-order valence-corrected chi connectivity index (χ3v) is 5.07. The van der Waals surface area contributed by atoms with Gasteiger partial charge in [-0.25, -0.2) is 0 Å². The highest BCUT2D eigenvalue weighted by molar-refractivity contribution is 6.04. The van der Waals surface area contributed by atoms with Crippen molar-refractivity contribution in [2.75, 3.05) is 12.4 Å². The van der Waals surface area contributed by atoms with Crippen LogP contribution in [0.1, 0.15) is 40.1 Å². The minimum atomic E-state index is -0.185. The summed E-state index contributed by atoms with van der Waals surface area (Å²) in [5, 5.41) is 10.3. The number of carbonyl (C=O) groups is 1. The predicted octanol–water partition coefficient (Wildman–Crippen LogP) is 3.75. The van der Waals surface area contributed by atoms with E-state index in [-0.39, 0.29) is 11.9 Å². The Labute approximate surface area is 158 Å². The Bertz CT molecular complexity index is 952. The number of hydrogen-bond acceptors (Lipinski definition) is 4. The van der Waals surface area contributed by atoms with Gasteiger partial charge >= 0.3 is 0 Å². The zero-order valence-corrected chi connectivity index (χ0v) is 15.4. The molecule has 0 fully saturated rings. The van der Waals surface area contributed by atoms with Crippen molar-refractivity contribution in [2.24, 2.45) is 0 Å². The minimum absolute atomic E-state index is 0.185. The highest BCUT2D eigenvalue weighted by atomic mass is 16.5. The second-order valence-electron chi connectivity index (χ2n) is 6.70. The van der Waals surface area contributed by atoms with E-state index in [9.17, 15) is 4.79 Å². The number of benzene rings is 2. The molecule has 1 atom stereocenters. The van der Waals surface area contributed by atoms with Gasteiger partial charge in [0, 0.05) is 30.3 Å². The molecule has 138 valence electrons. The number of aromatic amines is 1. The van der Waals surface area contributed by atoms with Crippen molar-refractivity contribution < 1.29 is 9.53 Å². The topological polar surface area (TPSA) is 70.2 Å². The lowest BCUT2D eigenvalue weighted by atomic mass is 10.1. The van der Waals surface area contributed by atoms with Crippen LogP contribution in [0.25, 0.3) is 0 Å². The molecule has 3 aromatic rings. The standard InChI is InChI=1S/C21H22N4O2/c1-14(15-7-4-3-5-8-15)25-12-18-19(13-25)23-24-20(18)22-21(26)16-9-6-10-17(11-16)27-2/h3-11,14H,12-13H2,1-2H3,(H2,22,23,24,26). The van der Waals surface area contributed by atoms with Gasteiger partial charge in [0.15, 0.2) is 0 Å². The summed E-state index contributed by atoms with van der Waals surface area (Å²) in [5.74, 6) is 1.14. The summed E-state index contributed by atoms with van der Waals surface area (Å²) >= 11 is 0. The van der Waals surface area contributed by atoms with Crippen LogP contribution in [0.2, 0.25) is 0 Å². The number of nitrogens with zero attached hydrogens (tertiary/aromatic N) is 2. The number of aromatic nitrogens is 2. The van der Waals surface area contributed by atoms with Crippen molar-refractivity contribution in [3.63, 3.8) is 0 Å². The van der Waals surface area contributed by atoms with Crippen LogP contribution < -0.4 is 10.1 Å². The Morgan fingerprint density at radius 2 is 2.00 bits per heavy atom. The first-order chi connectivity index (χ1) is 13.2. The van der Waals surface area contributed by atoms with Gasteiger partial charge in [-0.05, 0) is 30.7 Å². The molecule has 0 spiro atoms. The molecule has 1 aliphatic heterocycles. The lowest BCUT2D eigenvalue weighted by Crippen LogP contribution is -2.22. The summed E-state index contributed by atoms with van der Waals surface area (Å²) in [4.78, 5) is 14.9. The van der Waals surface area contributed by atoms with Crippen LogP contribution in [-0.4, -0.2) is 28.1 Å². The Hall–Kier alpha value is -3.12. The number of rotatable bonds is 5. The Morgan fingerprint density at radius 1 is 1.19 bits per heavy atom. The van der Waals surface area contributed by atoms with Crippen LogP contribution in [0, 0.1) is 0 Å². The smallest absolute Gasteiger partial charge is 0.256 e. The molecule has 1 unspecified atom stereocenters. The zero-order valence-electron chi connectivity index (χ0n) is 15.4. The van der Waals surface area contributed by atoms with Gasteiger partial charge in [-0.3, -0.25) is 14.8 Å². The number of H-pyrrole nitrogens is 1. The van der Waals surface area contributed by atoms with Crippen LogP contribution >= 0.6 is 0 Å². The summed E-state index contributed by atoms with van der Waals surface area (Å²) in [7, 11) is 1.58. The van der Waals surface area contributed by atoms with Crippen molar-refractivity contribution in [3.8, 4) is 5.75 Å². The number of nitrogens with one attached hydrogen (secondary N) is 2. The Kier molecular flexibility index (Phi) is 4.64. The molecule has 27 heavy (non-hydrogen) atoms. The third kappa shape index (κ3) is 3.44. The first kappa shape index (κ1) is 17.3. The maximum Gasteiger partial charge on any atom is 0.256 e. The van der Waals surface area contributed by atoms with E-state index in [2.05, 4.69) is 51.6 Å². The summed E-state index contributed by atoms with van der Waals surface area (Å²) in [6, 6.07) is 17.8. The van der Waals surface area contributed by atoms with Gasteiger partial charge in [0.25, 0.3) is 5.91 Å². The molecular formula is C21H22N4O2. The van der Waals surface area contributed by atoms with E-state index in [4.69, 9.17) is 4.74 Å². The van der Waals surface area contributed by atoms with Gasteiger partial charge in [0.2, 0.25) is 0 Å². The van der Waals surface area contributed by atoms with Crippen LogP contribution in [0.4, 0.5) is 5.82 Å². The predicted molar refractivity (Wildman–Crippen MR) is 104 cm³/mol. The molecule has 6 nitrogen and oxygen atoms in total. The van der Waals surface area contributed by atoms with E-state index >= 15 is 0 Å². The van der Waals surface area contributed by atoms with E-state index in [0.29, 0.717) is 17.1 Å². The Morgan fingerprint density at radius 3 is 2.78 bits per heavy atom. The van der Waals surface area contributed by atoms with E-state index in [1.807, 2.05) is 12.1 Å². The number of amides is 1. The average molecular weight is 362 g/mol. The molecule has 0 saturated carbocycles. The number of anilines is 1. The Balaban J connectivity index is 1.48. The minimum Gasteiger partial charge on any atom is -0.497 e. The highest BCUT2D eigenvalue weighted by Crippen LogP contribution is 2.33. The summed E-state index contributed by atoms with van der Waals surface area (Å²) in [6.45, 7) is 3.70. The summed E-state index contributed by atoms with van der Waals surface area (Å²) in [5.41, 5.74) is 3.85. The van der Waals surface area contributed by atoms with Gasteiger partial charge in [-0.2, -0.15) is 5.10 Å². The lowest BCUT2D eigenvalue weighted by Gasteiger charge is -2.24. The quantitative estimate of drug-likeness (QED) is 0.725. The van der Waals surface area contributed by atoms with Crippen molar-refractivity contribution in [2.45, 2.75) is 26.1 Å². The molecule has 2 heterocycles. The molecule has 1 aliphatic rings. The fraction of sp³-hybridized carbons (Fsp3) is 0.238. The fourth-order valence-electron chi connectivity index (χ4n) is 3.42. The maximum absolute atomic E-state index is 12.6. The normalized spacial score (nSPS) is 14.6. The van der Waals surface area contributed by atoms with Gasteiger partial charge in [0.1, 0.15) is 11.6 Å². The highest BCUT2D eigenvalue weighted by Gasteiger charge is 2.29. The van der Waals surface area contributed by atoms with Crippen LogP contribution in [0.3, 0.4) is 0 Å². The number of ether oxygens (including phenoxy) is 1. The van der Waals surface area contributed by atoms with Gasteiger partial charge < -0.3 is 10.1 Å². The second-order valence-corrected chi connectivity index (χ2v) is 6.70. The first-order valence-electron chi connectivity index (χ1n) is 8.96. The molecule has 2 aromatic carbocycles. The molecule has 1 amide bonds. The average Bonchev–Trinajstić information content (AvgIpc) is 3.30. The molecule has 0 saturated heterocycles. The van der Waals surface area contributed by atoms with Crippen molar-refractivity contribution >= 4 is 11.7 Å². The maximum atomic E-state index is 12.6. The van der Waals surface area contributed by atoms with Gasteiger partial charge in [-0.1, -0.05) is 36.4 Å². The fourth-order valence-corrected chi connectivity index (χ4v) is 3.42. The molecule has 0 radical (unpaired) electrons. The molecule has 0 aliphatic carbocycles. The third-order valence-electron chi connectivity index (χ3n) is 5.07. The lowest BCUT2D eigenvalue weighted by molar-refractivity contribution is 0.102. The van der Waals surface area contributed by atoms with E-state index < -0.39 is 0 Å². The van der Waals surface area contributed by atoms with E-state index in [1.54, 1.807) is 25.3 Å². The van der Waals surface area contributed by atoms with E-state index in [1.165, 1.54) is 5.56 Å². The number of fused-ring (bicyclic) bond motifs is 1. The largest absolute Gasteiger partial charge is 0.497 e. The zero-order chi connectivity index (χ0) is 18.8.